The van der Waals surface area contributed by atoms with E-state index in [1.165, 1.54) is 0 Å². The van der Waals surface area contributed by atoms with Crippen LogP contribution >= 0.6 is 23.3 Å². The van der Waals surface area contributed by atoms with Crippen LogP contribution in [0.4, 0.5) is 13.2 Å². The Morgan fingerprint density at radius 2 is 2.10 bits per heavy atom. The van der Waals surface area contributed by atoms with Gasteiger partial charge in [-0.05, 0) is 35.4 Å². The molecule has 0 fully saturated rings. The van der Waals surface area contributed by atoms with E-state index in [0.29, 0.717) is 16.6 Å². The fourth-order valence-corrected chi connectivity index (χ4v) is 3.11. The van der Waals surface area contributed by atoms with Gasteiger partial charge in [0.05, 0.1) is 5.56 Å². The maximum Gasteiger partial charge on any atom is 0.433 e. The van der Waals surface area contributed by atoms with Gasteiger partial charge in [0.2, 0.25) is 0 Å². The van der Waals surface area contributed by atoms with Crippen molar-refractivity contribution in [2.75, 3.05) is 0 Å². The van der Waals surface area contributed by atoms with E-state index < -0.39 is 17.8 Å². The van der Waals surface area contributed by atoms with Crippen molar-refractivity contribution in [3.05, 3.63) is 29.2 Å². The smallest absolute Gasteiger partial charge is 0.366 e. The van der Waals surface area contributed by atoms with Crippen LogP contribution in [0.15, 0.2) is 21.5 Å². The highest BCUT2D eigenvalue weighted by atomic mass is 32.2. The second kappa shape index (κ2) is 5.98. The molecule has 1 amide bonds. The Balaban J connectivity index is 2.41. The van der Waals surface area contributed by atoms with E-state index in [1.807, 2.05) is 6.92 Å². The first-order valence-corrected chi connectivity index (χ1v) is 7.28. The van der Waals surface area contributed by atoms with Crippen LogP contribution < -0.4 is 5.73 Å². The summed E-state index contributed by atoms with van der Waals surface area (Å²) in [5, 5.41) is -0.129. The van der Waals surface area contributed by atoms with Crippen LogP contribution in [0.1, 0.15) is 28.8 Å². The van der Waals surface area contributed by atoms with Gasteiger partial charge in [-0.1, -0.05) is 6.92 Å². The van der Waals surface area contributed by atoms with E-state index in [-0.39, 0.29) is 10.6 Å². The van der Waals surface area contributed by atoms with Crippen LogP contribution in [0.25, 0.3) is 0 Å². The summed E-state index contributed by atoms with van der Waals surface area (Å²) in [4.78, 5) is 18.9. The molecule has 0 aliphatic carbocycles. The van der Waals surface area contributed by atoms with Crippen molar-refractivity contribution in [1.82, 2.24) is 14.3 Å². The molecule has 0 aliphatic rings. The Labute approximate surface area is 126 Å². The van der Waals surface area contributed by atoms with E-state index in [2.05, 4.69) is 14.3 Å². The van der Waals surface area contributed by atoms with Crippen LogP contribution in [0.5, 0.6) is 0 Å². The molecule has 0 aromatic carbocycles. The number of rotatable bonds is 4. The molecule has 2 rings (SSSR count). The minimum absolute atomic E-state index is 0.0822. The maximum absolute atomic E-state index is 12.7. The normalized spacial score (nSPS) is 11.6. The maximum atomic E-state index is 12.7. The van der Waals surface area contributed by atoms with Crippen LogP contribution in [0.3, 0.4) is 0 Å². The van der Waals surface area contributed by atoms with Gasteiger partial charge in [-0.3, -0.25) is 4.79 Å². The fourth-order valence-electron chi connectivity index (χ4n) is 1.37. The second-order valence-electron chi connectivity index (χ2n) is 3.84. The van der Waals surface area contributed by atoms with Crippen LogP contribution in [-0.2, 0) is 12.6 Å². The lowest BCUT2D eigenvalue weighted by atomic mass is 10.2. The molecule has 0 atom stereocenters. The van der Waals surface area contributed by atoms with Crippen molar-refractivity contribution in [2.45, 2.75) is 28.9 Å². The molecule has 0 unspecified atom stereocenters. The lowest BCUT2D eigenvalue weighted by Crippen LogP contribution is -2.16. The van der Waals surface area contributed by atoms with Gasteiger partial charge in [-0.2, -0.15) is 17.5 Å². The van der Waals surface area contributed by atoms with Crippen molar-refractivity contribution in [3.63, 3.8) is 0 Å². The van der Waals surface area contributed by atoms with Crippen molar-refractivity contribution >= 4 is 29.2 Å². The standard InChI is InChI=1S/C11H9F3N4OS2/c1-2-7-17-10(21-18-7)20-9-5(8(15)19)3-4-6(16-9)11(12,13)14/h3-4H,2H2,1H3,(H2,15,19). The molecule has 0 saturated carbocycles. The Hall–Kier alpha value is -1.68. The number of hydrogen-bond donors (Lipinski definition) is 1. The zero-order valence-electron chi connectivity index (χ0n) is 10.6. The number of nitrogens with two attached hydrogens (primary N) is 1. The van der Waals surface area contributed by atoms with E-state index >= 15 is 0 Å². The highest BCUT2D eigenvalue weighted by Gasteiger charge is 2.33. The molecule has 2 heterocycles. The van der Waals surface area contributed by atoms with Gasteiger partial charge in [0.15, 0.2) is 4.34 Å². The number of primary amides is 1. The summed E-state index contributed by atoms with van der Waals surface area (Å²) in [5.41, 5.74) is 3.98. The molecule has 112 valence electrons. The Morgan fingerprint density at radius 3 is 2.62 bits per heavy atom. The molecule has 0 radical (unpaired) electrons. The van der Waals surface area contributed by atoms with Gasteiger partial charge in [0, 0.05) is 6.42 Å². The highest BCUT2D eigenvalue weighted by molar-refractivity contribution is 8.01. The Bertz CT molecular complexity index is 672. The van der Waals surface area contributed by atoms with E-state index in [1.54, 1.807) is 0 Å². The molecule has 5 nitrogen and oxygen atoms in total. The summed E-state index contributed by atoms with van der Waals surface area (Å²) in [6.45, 7) is 1.86. The first-order chi connectivity index (χ1) is 9.81. The SMILES string of the molecule is CCc1nsc(Sc2nc(C(F)(F)F)ccc2C(N)=O)n1. The predicted molar refractivity (Wildman–Crippen MR) is 71.2 cm³/mol. The molecule has 0 aliphatic heterocycles. The zero-order valence-corrected chi connectivity index (χ0v) is 12.3. The number of pyridine rings is 1. The number of hydrogen-bond acceptors (Lipinski definition) is 6. The lowest BCUT2D eigenvalue weighted by Gasteiger charge is -2.09. The number of aromatic nitrogens is 3. The van der Waals surface area contributed by atoms with Gasteiger partial charge in [0.1, 0.15) is 16.5 Å². The summed E-state index contributed by atoms with van der Waals surface area (Å²) >= 11 is 1.87. The monoisotopic (exact) mass is 334 g/mol. The third kappa shape index (κ3) is 3.70. The molecule has 0 spiro atoms. The van der Waals surface area contributed by atoms with E-state index in [4.69, 9.17) is 5.73 Å². The average molecular weight is 334 g/mol. The number of aryl methyl sites for hydroxylation is 1. The first-order valence-electron chi connectivity index (χ1n) is 5.69. The molecule has 2 aromatic heterocycles. The lowest BCUT2D eigenvalue weighted by molar-refractivity contribution is -0.141. The summed E-state index contributed by atoms with van der Waals surface area (Å²) in [5.74, 6) is -0.269. The van der Waals surface area contributed by atoms with Crippen molar-refractivity contribution in [3.8, 4) is 0 Å². The first kappa shape index (κ1) is 15.7. The van der Waals surface area contributed by atoms with Gasteiger partial charge < -0.3 is 5.73 Å². The summed E-state index contributed by atoms with van der Waals surface area (Å²) in [6, 6.07) is 1.74. The largest absolute Gasteiger partial charge is 0.433 e. The van der Waals surface area contributed by atoms with Gasteiger partial charge >= 0.3 is 6.18 Å². The van der Waals surface area contributed by atoms with Crippen LogP contribution in [-0.4, -0.2) is 20.2 Å². The number of alkyl halides is 3. The molecule has 2 aromatic rings. The third-order valence-electron chi connectivity index (χ3n) is 2.37. The molecule has 0 bridgehead atoms. The minimum Gasteiger partial charge on any atom is -0.366 e. The Kier molecular flexibility index (Phi) is 4.47. The third-order valence-corrected chi connectivity index (χ3v) is 4.16. The average Bonchev–Trinajstić information content (AvgIpc) is 2.85. The van der Waals surface area contributed by atoms with E-state index in [9.17, 15) is 18.0 Å². The van der Waals surface area contributed by atoms with Crippen LogP contribution in [0.2, 0.25) is 0 Å². The minimum atomic E-state index is -4.60. The topological polar surface area (TPSA) is 81.8 Å². The quantitative estimate of drug-likeness (QED) is 0.930. The van der Waals surface area contributed by atoms with Gasteiger partial charge in [-0.25, -0.2) is 9.97 Å². The summed E-state index contributed by atoms with van der Waals surface area (Å²) in [7, 11) is 0. The highest BCUT2D eigenvalue weighted by Crippen LogP contribution is 2.34. The van der Waals surface area contributed by atoms with Gasteiger partial charge in [0.25, 0.3) is 5.91 Å². The van der Waals surface area contributed by atoms with Crippen molar-refractivity contribution < 1.29 is 18.0 Å². The molecule has 10 heteroatoms. The summed E-state index contributed by atoms with van der Waals surface area (Å²) in [6.07, 6.45) is -3.99. The number of nitrogens with zero attached hydrogens (tertiary/aromatic N) is 3. The molecule has 0 saturated heterocycles. The molecule has 21 heavy (non-hydrogen) atoms. The number of amides is 1. The zero-order chi connectivity index (χ0) is 15.6. The van der Waals surface area contributed by atoms with E-state index in [0.717, 1.165) is 35.4 Å². The predicted octanol–water partition coefficient (Wildman–Crippen LogP) is 2.76. The number of carbonyl (C=O) groups excluding carboxylic acids is 1. The number of halogens is 3. The fraction of sp³-hybridized carbons (Fsp3) is 0.273. The molecular weight excluding hydrogens is 325 g/mol. The van der Waals surface area contributed by atoms with Crippen molar-refractivity contribution in [2.24, 2.45) is 5.73 Å². The molecular formula is C11H9F3N4OS2. The summed E-state index contributed by atoms with van der Waals surface area (Å²) < 4.78 is 42.5. The van der Waals surface area contributed by atoms with Crippen molar-refractivity contribution in [1.29, 1.82) is 0 Å². The van der Waals surface area contributed by atoms with Gasteiger partial charge in [-0.15, -0.1) is 0 Å². The second-order valence-corrected chi connectivity index (χ2v) is 5.83. The number of carbonyl (C=O) groups is 1. The Morgan fingerprint density at radius 1 is 1.38 bits per heavy atom. The van der Waals surface area contributed by atoms with Crippen LogP contribution in [0, 0.1) is 0 Å². The molecule has 2 N–H and O–H groups in total.